The molecule has 0 atom stereocenters. The largest absolute Gasteiger partial charge is 0.383 e. The lowest BCUT2D eigenvalue weighted by molar-refractivity contribution is 0.0997. The second-order valence-electron chi connectivity index (χ2n) is 5.13. The van der Waals surface area contributed by atoms with Gasteiger partial charge in [0.2, 0.25) is 0 Å². The fraction of sp³-hybridized carbons (Fsp3) is 0.0588. The second-order valence-corrected chi connectivity index (χ2v) is 5.13. The van der Waals surface area contributed by atoms with Gasteiger partial charge in [-0.2, -0.15) is 0 Å². The van der Waals surface area contributed by atoms with Crippen LogP contribution in [0.5, 0.6) is 0 Å². The van der Waals surface area contributed by atoms with Gasteiger partial charge in [0.1, 0.15) is 12.1 Å². The Morgan fingerprint density at radius 2 is 1.82 bits per heavy atom. The smallest absolute Gasteiger partial charge is 0.271 e. The molecule has 22 heavy (non-hydrogen) atoms. The van der Waals surface area contributed by atoms with E-state index >= 15 is 0 Å². The molecule has 0 bridgehead atoms. The molecule has 3 aromatic rings. The zero-order valence-corrected chi connectivity index (χ0v) is 12.2. The van der Waals surface area contributed by atoms with E-state index in [2.05, 4.69) is 30.1 Å². The lowest BCUT2D eigenvalue weighted by Gasteiger charge is -2.07. The lowest BCUT2D eigenvalue weighted by Crippen LogP contribution is -2.14. The van der Waals surface area contributed by atoms with E-state index in [-0.39, 0.29) is 11.5 Å². The number of amides is 1. The Kier molecular flexibility index (Phi) is 3.39. The maximum Gasteiger partial charge on any atom is 0.271 e. The molecule has 2 aromatic carbocycles. The molecule has 0 aliphatic heterocycles. The molecule has 1 heterocycles. The summed E-state index contributed by atoms with van der Waals surface area (Å²) < 4.78 is 1.64. The number of carbonyl (C=O) groups is 1. The fourth-order valence-corrected chi connectivity index (χ4v) is 2.39. The van der Waals surface area contributed by atoms with Crippen LogP contribution in [0.1, 0.15) is 16.1 Å². The second kappa shape index (κ2) is 5.37. The molecule has 4 N–H and O–H groups in total. The summed E-state index contributed by atoms with van der Waals surface area (Å²) >= 11 is 0. The van der Waals surface area contributed by atoms with Crippen LogP contribution in [0.15, 0.2) is 54.9 Å². The Balaban J connectivity index is 1.97. The van der Waals surface area contributed by atoms with E-state index in [1.54, 1.807) is 4.57 Å². The minimum atomic E-state index is -0.632. The molecule has 3 rings (SSSR count). The number of nitrogens with zero attached hydrogens (tertiary/aromatic N) is 2. The molecule has 0 fully saturated rings. The number of primary amides is 1. The average molecular weight is 292 g/mol. The summed E-state index contributed by atoms with van der Waals surface area (Å²) in [6, 6.07) is 16.2. The van der Waals surface area contributed by atoms with Crippen molar-refractivity contribution in [2.24, 2.45) is 5.73 Å². The van der Waals surface area contributed by atoms with E-state index in [0.717, 1.165) is 16.8 Å². The van der Waals surface area contributed by atoms with Crippen LogP contribution in [0, 0.1) is 6.92 Å². The molecule has 0 saturated heterocycles. The van der Waals surface area contributed by atoms with Gasteiger partial charge in [-0.3, -0.25) is 9.36 Å². The Bertz CT molecular complexity index is 834. The first kappa shape index (κ1) is 13.9. The van der Waals surface area contributed by atoms with Gasteiger partial charge in [-0.15, -0.1) is 0 Å². The number of hydrogen-bond acceptors (Lipinski definition) is 3. The van der Waals surface area contributed by atoms with Crippen molar-refractivity contribution in [2.45, 2.75) is 6.92 Å². The van der Waals surface area contributed by atoms with Crippen molar-refractivity contribution in [1.82, 2.24) is 9.55 Å². The third-order valence-electron chi connectivity index (χ3n) is 3.53. The SMILES string of the molecule is Cc1cccc(-c2ccc(-n3cnc(C(N)=O)c3N)cc2)c1. The van der Waals surface area contributed by atoms with Crippen molar-refractivity contribution in [2.75, 3.05) is 5.73 Å². The minimum absolute atomic E-state index is 0.0859. The zero-order valence-electron chi connectivity index (χ0n) is 12.2. The Labute approximate surface area is 128 Å². The van der Waals surface area contributed by atoms with Crippen LogP contribution in [0.3, 0.4) is 0 Å². The first-order valence-corrected chi connectivity index (χ1v) is 6.86. The molecule has 110 valence electrons. The van der Waals surface area contributed by atoms with Crippen LogP contribution in [-0.2, 0) is 0 Å². The number of aromatic nitrogens is 2. The first-order chi connectivity index (χ1) is 10.6. The molecular weight excluding hydrogens is 276 g/mol. The van der Waals surface area contributed by atoms with Crippen LogP contribution >= 0.6 is 0 Å². The quantitative estimate of drug-likeness (QED) is 0.777. The van der Waals surface area contributed by atoms with Crippen LogP contribution in [-0.4, -0.2) is 15.5 Å². The van der Waals surface area contributed by atoms with E-state index in [0.29, 0.717) is 0 Å². The van der Waals surface area contributed by atoms with Crippen LogP contribution in [0.4, 0.5) is 5.82 Å². The van der Waals surface area contributed by atoms with E-state index in [1.165, 1.54) is 11.9 Å². The maximum absolute atomic E-state index is 11.2. The molecule has 0 aliphatic rings. The van der Waals surface area contributed by atoms with Crippen molar-refractivity contribution in [3.8, 4) is 16.8 Å². The predicted octanol–water partition coefficient (Wildman–Crippen LogP) is 2.53. The number of carbonyl (C=O) groups excluding carboxylic acids is 1. The Morgan fingerprint density at radius 3 is 2.41 bits per heavy atom. The zero-order chi connectivity index (χ0) is 15.7. The standard InChI is InChI=1S/C17H16N4O/c1-11-3-2-4-13(9-11)12-5-7-14(8-6-12)21-10-20-15(16(21)18)17(19)22/h2-10H,18H2,1H3,(H2,19,22). The number of anilines is 1. The summed E-state index contributed by atoms with van der Waals surface area (Å²) in [4.78, 5) is 15.2. The fourth-order valence-electron chi connectivity index (χ4n) is 2.39. The number of nitrogen functional groups attached to an aromatic ring is 1. The van der Waals surface area contributed by atoms with Gasteiger partial charge in [0, 0.05) is 5.69 Å². The maximum atomic E-state index is 11.2. The van der Waals surface area contributed by atoms with Gasteiger partial charge in [-0.1, -0.05) is 42.0 Å². The molecule has 1 aromatic heterocycles. The normalized spacial score (nSPS) is 10.6. The predicted molar refractivity (Wildman–Crippen MR) is 86.7 cm³/mol. The number of rotatable bonds is 3. The van der Waals surface area contributed by atoms with Gasteiger partial charge in [-0.25, -0.2) is 4.98 Å². The molecule has 0 saturated carbocycles. The number of imidazole rings is 1. The van der Waals surface area contributed by atoms with Gasteiger partial charge < -0.3 is 11.5 Å². The third-order valence-corrected chi connectivity index (χ3v) is 3.53. The molecule has 0 aliphatic carbocycles. The van der Waals surface area contributed by atoms with Crippen molar-refractivity contribution in [3.63, 3.8) is 0 Å². The van der Waals surface area contributed by atoms with Crippen molar-refractivity contribution >= 4 is 11.7 Å². The monoisotopic (exact) mass is 292 g/mol. The highest BCUT2D eigenvalue weighted by molar-refractivity contribution is 5.95. The van der Waals surface area contributed by atoms with Gasteiger partial charge >= 0.3 is 0 Å². The summed E-state index contributed by atoms with van der Waals surface area (Å²) in [7, 11) is 0. The number of hydrogen-bond donors (Lipinski definition) is 2. The number of benzene rings is 2. The summed E-state index contributed by atoms with van der Waals surface area (Å²) in [5.41, 5.74) is 15.5. The first-order valence-electron chi connectivity index (χ1n) is 6.86. The van der Waals surface area contributed by atoms with Crippen LogP contribution < -0.4 is 11.5 Å². The van der Waals surface area contributed by atoms with E-state index in [1.807, 2.05) is 30.3 Å². The van der Waals surface area contributed by atoms with Crippen LogP contribution in [0.2, 0.25) is 0 Å². The van der Waals surface area contributed by atoms with Gasteiger partial charge in [0.25, 0.3) is 5.91 Å². The summed E-state index contributed by atoms with van der Waals surface area (Å²) in [5, 5.41) is 0. The van der Waals surface area contributed by atoms with Crippen molar-refractivity contribution < 1.29 is 4.79 Å². The Morgan fingerprint density at radius 1 is 1.09 bits per heavy atom. The third kappa shape index (κ3) is 2.44. The lowest BCUT2D eigenvalue weighted by atomic mass is 10.0. The highest BCUT2D eigenvalue weighted by atomic mass is 16.1. The van der Waals surface area contributed by atoms with Crippen LogP contribution in [0.25, 0.3) is 16.8 Å². The van der Waals surface area contributed by atoms with Gasteiger partial charge in [-0.05, 0) is 30.2 Å². The van der Waals surface area contributed by atoms with E-state index < -0.39 is 5.91 Å². The van der Waals surface area contributed by atoms with Gasteiger partial charge in [0.15, 0.2) is 5.69 Å². The summed E-state index contributed by atoms with van der Waals surface area (Å²) in [5.74, 6) is -0.386. The highest BCUT2D eigenvalue weighted by Crippen LogP contribution is 2.23. The van der Waals surface area contributed by atoms with E-state index in [9.17, 15) is 4.79 Å². The van der Waals surface area contributed by atoms with Crippen molar-refractivity contribution in [1.29, 1.82) is 0 Å². The average Bonchev–Trinajstić information content (AvgIpc) is 2.89. The van der Waals surface area contributed by atoms with Gasteiger partial charge in [0.05, 0.1) is 0 Å². The molecule has 0 spiro atoms. The summed E-state index contributed by atoms with van der Waals surface area (Å²) in [6.45, 7) is 2.06. The van der Waals surface area contributed by atoms with E-state index in [4.69, 9.17) is 11.5 Å². The number of aryl methyl sites for hydroxylation is 1. The number of nitrogens with two attached hydrogens (primary N) is 2. The van der Waals surface area contributed by atoms with Crippen molar-refractivity contribution in [3.05, 3.63) is 66.1 Å². The molecule has 0 unspecified atom stereocenters. The molecule has 5 heteroatoms. The molecule has 5 nitrogen and oxygen atoms in total. The molecular formula is C17H16N4O. The summed E-state index contributed by atoms with van der Waals surface area (Å²) in [6.07, 6.45) is 1.50. The Hall–Kier alpha value is -3.08. The molecule has 1 amide bonds. The highest BCUT2D eigenvalue weighted by Gasteiger charge is 2.13. The minimum Gasteiger partial charge on any atom is -0.383 e. The molecule has 0 radical (unpaired) electrons. The topological polar surface area (TPSA) is 86.9 Å².